The topological polar surface area (TPSA) is 24.9 Å². The van der Waals surface area contributed by atoms with Crippen molar-refractivity contribution >= 4 is 11.4 Å². The number of anilines is 2. The number of nitrogens with zero attached hydrogens (tertiary/aromatic N) is 2. The second-order valence-electron chi connectivity index (χ2n) is 6.38. The van der Waals surface area contributed by atoms with Crippen LogP contribution in [-0.4, -0.2) is 20.3 Å². The Kier molecular flexibility index (Phi) is 4.71. The van der Waals surface area contributed by atoms with E-state index < -0.39 is 0 Å². The predicted molar refractivity (Wildman–Crippen MR) is 110 cm³/mol. The molecule has 2 heterocycles. The molecule has 0 spiro atoms. The Hall–Kier alpha value is -3.40. The molecule has 0 aliphatic carbocycles. The van der Waals surface area contributed by atoms with E-state index in [0.29, 0.717) is 0 Å². The van der Waals surface area contributed by atoms with Gasteiger partial charge in [0.2, 0.25) is 0 Å². The SMILES string of the molecule is CN1\C(=C/C=C/C=C/C=C/C2Oc3ccccc3N2C)Oc2ccccc21. The zero-order chi connectivity index (χ0) is 18.6. The van der Waals surface area contributed by atoms with Crippen LogP contribution in [0.1, 0.15) is 0 Å². The highest BCUT2D eigenvalue weighted by molar-refractivity contribution is 5.66. The molecule has 0 fully saturated rings. The molecule has 4 nitrogen and oxygen atoms in total. The molecule has 2 aromatic rings. The summed E-state index contributed by atoms with van der Waals surface area (Å²) >= 11 is 0. The first-order valence-corrected chi connectivity index (χ1v) is 8.95. The molecular weight excluding hydrogens is 336 g/mol. The standard InChI is InChI=1S/C23H22N2O2/c1-24-18-12-8-10-14-20(18)26-22(24)16-6-4-3-5-7-17-23-25(2)19-13-9-11-15-21(19)27-23/h3-17,22H,1-2H3/b4-3+,7-5+,16-6+,23-17+. The molecule has 0 saturated carbocycles. The van der Waals surface area contributed by atoms with Crippen LogP contribution in [0.4, 0.5) is 11.4 Å². The highest BCUT2D eigenvalue weighted by Crippen LogP contribution is 2.37. The summed E-state index contributed by atoms with van der Waals surface area (Å²) < 4.78 is 11.7. The van der Waals surface area contributed by atoms with Gasteiger partial charge < -0.3 is 19.3 Å². The van der Waals surface area contributed by atoms with Crippen LogP contribution in [0.5, 0.6) is 11.5 Å². The predicted octanol–water partition coefficient (Wildman–Crippen LogP) is 4.88. The second-order valence-corrected chi connectivity index (χ2v) is 6.38. The van der Waals surface area contributed by atoms with E-state index in [-0.39, 0.29) is 6.23 Å². The molecule has 2 aliphatic heterocycles. The van der Waals surface area contributed by atoms with Crippen molar-refractivity contribution in [2.75, 3.05) is 23.9 Å². The van der Waals surface area contributed by atoms with Crippen LogP contribution in [0.25, 0.3) is 0 Å². The molecule has 0 aromatic heterocycles. The van der Waals surface area contributed by atoms with Gasteiger partial charge in [0.25, 0.3) is 0 Å². The maximum atomic E-state index is 5.91. The Balaban J connectivity index is 1.31. The summed E-state index contributed by atoms with van der Waals surface area (Å²) in [5.74, 6) is 2.63. The lowest BCUT2D eigenvalue weighted by Crippen LogP contribution is -2.28. The first-order chi connectivity index (χ1) is 13.2. The van der Waals surface area contributed by atoms with E-state index in [1.807, 2.05) is 104 Å². The third kappa shape index (κ3) is 3.47. The molecule has 4 rings (SSSR count). The normalized spacial score (nSPS) is 19.9. The lowest BCUT2D eigenvalue weighted by atomic mass is 10.3. The van der Waals surface area contributed by atoms with Crippen LogP contribution in [0, 0.1) is 0 Å². The van der Waals surface area contributed by atoms with Crippen LogP contribution >= 0.6 is 0 Å². The van der Waals surface area contributed by atoms with Gasteiger partial charge in [0, 0.05) is 14.1 Å². The largest absolute Gasteiger partial charge is 0.465 e. The van der Waals surface area contributed by atoms with E-state index in [2.05, 4.69) is 11.0 Å². The maximum absolute atomic E-state index is 5.91. The molecule has 136 valence electrons. The van der Waals surface area contributed by atoms with Gasteiger partial charge in [-0.3, -0.25) is 0 Å². The van der Waals surface area contributed by atoms with Gasteiger partial charge in [-0.2, -0.15) is 0 Å². The molecule has 27 heavy (non-hydrogen) atoms. The Morgan fingerprint density at radius 3 is 2.22 bits per heavy atom. The number of hydrogen-bond donors (Lipinski definition) is 0. The zero-order valence-electron chi connectivity index (χ0n) is 15.4. The lowest BCUT2D eigenvalue weighted by Gasteiger charge is -2.16. The van der Waals surface area contributed by atoms with Crippen molar-refractivity contribution in [2.24, 2.45) is 0 Å². The fourth-order valence-electron chi connectivity index (χ4n) is 3.12. The highest BCUT2D eigenvalue weighted by atomic mass is 16.5. The molecule has 1 unspecified atom stereocenters. The van der Waals surface area contributed by atoms with Gasteiger partial charge in [-0.25, -0.2) is 0 Å². The fourth-order valence-corrected chi connectivity index (χ4v) is 3.12. The van der Waals surface area contributed by atoms with Crippen molar-refractivity contribution in [3.8, 4) is 11.5 Å². The van der Waals surface area contributed by atoms with E-state index >= 15 is 0 Å². The average Bonchev–Trinajstić information content (AvgIpc) is 3.19. The quantitative estimate of drug-likeness (QED) is 0.727. The van der Waals surface area contributed by atoms with Crippen molar-refractivity contribution in [2.45, 2.75) is 6.23 Å². The van der Waals surface area contributed by atoms with E-state index in [9.17, 15) is 0 Å². The molecule has 4 heteroatoms. The number of fused-ring (bicyclic) bond motifs is 2. The Morgan fingerprint density at radius 1 is 0.778 bits per heavy atom. The minimum Gasteiger partial charge on any atom is -0.465 e. The molecule has 0 radical (unpaired) electrons. The van der Waals surface area contributed by atoms with Crippen LogP contribution in [0.15, 0.2) is 96.9 Å². The molecule has 1 atom stereocenters. The van der Waals surface area contributed by atoms with E-state index in [1.165, 1.54) is 0 Å². The van der Waals surface area contributed by atoms with Crippen LogP contribution in [0.3, 0.4) is 0 Å². The fraction of sp³-hybridized carbons (Fsp3) is 0.130. The molecule has 0 amide bonds. The van der Waals surface area contributed by atoms with Gasteiger partial charge in [-0.05, 0) is 36.4 Å². The number of para-hydroxylation sites is 4. The monoisotopic (exact) mass is 358 g/mol. The number of ether oxygens (including phenoxy) is 2. The van der Waals surface area contributed by atoms with Gasteiger partial charge in [-0.1, -0.05) is 54.6 Å². The number of allylic oxidation sites excluding steroid dienone is 6. The van der Waals surface area contributed by atoms with Crippen molar-refractivity contribution in [1.82, 2.24) is 0 Å². The number of rotatable bonds is 4. The first kappa shape index (κ1) is 17.0. The van der Waals surface area contributed by atoms with Gasteiger partial charge in [-0.15, -0.1) is 0 Å². The molecule has 0 N–H and O–H groups in total. The van der Waals surface area contributed by atoms with Crippen LogP contribution < -0.4 is 19.3 Å². The smallest absolute Gasteiger partial charge is 0.200 e. The molecule has 2 aromatic carbocycles. The van der Waals surface area contributed by atoms with Gasteiger partial charge >= 0.3 is 0 Å². The summed E-state index contributed by atoms with van der Waals surface area (Å²) in [5, 5.41) is 0. The number of likely N-dealkylation sites (N-methyl/N-ethyl adjacent to an activating group) is 1. The van der Waals surface area contributed by atoms with Gasteiger partial charge in [0.05, 0.1) is 11.4 Å². The minimum atomic E-state index is -0.0720. The molecule has 0 bridgehead atoms. The van der Waals surface area contributed by atoms with Gasteiger partial charge in [0.15, 0.2) is 17.9 Å². The third-order valence-electron chi connectivity index (χ3n) is 4.61. The Morgan fingerprint density at radius 2 is 1.44 bits per heavy atom. The summed E-state index contributed by atoms with van der Waals surface area (Å²) in [5.41, 5.74) is 2.20. The van der Waals surface area contributed by atoms with E-state index in [1.54, 1.807) is 0 Å². The minimum absolute atomic E-state index is 0.0720. The molecule has 2 aliphatic rings. The van der Waals surface area contributed by atoms with Crippen molar-refractivity contribution < 1.29 is 9.47 Å². The summed E-state index contributed by atoms with van der Waals surface area (Å²) in [7, 11) is 4.03. The number of hydrogen-bond acceptors (Lipinski definition) is 4. The van der Waals surface area contributed by atoms with E-state index in [4.69, 9.17) is 9.47 Å². The Bertz CT molecular complexity index is 943. The Labute approximate surface area is 159 Å². The van der Waals surface area contributed by atoms with Crippen molar-refractivity contribution in [3.05, 3.63) is 96.9 Å². The summed E-state index contributed by atoms with van der Waals surface area (Å²) in [6, 6.07) is 16.1. The molecular formula is C23H22N2O2. The second kappa shape index (κ2) is 7.46. The van der Waals surface area contributed by atoms with Gasteiger partial charge in [0.1, 0.15) is 5.75 Å². The molecule has 0 saturated heterocycles. The number of benzene rings is 2. The highest BCUT2D eigenvalue weighted by Gasteiger charge is 2.24. The zero-order valence-corrected chi connectivity index (χ0v) is 15.4. The van der Waals surface area contributed by atoms with Crippen molar-refractivity contribution in [1.29, 1.82) is 0 Å². The summed E-state index contributed by atoms with van der Waals surface area (Å²) in [6.07, 6.45) is 13.8. The first-order valence-electron chi connectivity index (χ1n) is 8.95. The van der Waals surface area contributed by atoms with Crippen molar-refractivity contribution in [3.63, 3.8) is 0 Å². The lowest BCUT2D eigenvalue weighted by molar-refractivity contribution is 0.279. The summed E-state index contributed by atoms with van der Waals surface area (Å²) in [4.78, 5) is 4.15. The summed E-state index contributed by atoms with van der Waals surface area (Å²) in [6.45, 7) is 0. The maximum Gasteiger partial charge on any atom is 0.200 e. The average molecular weight is 358 g/mol. The van der Waals surface area contributed by atoms with E-state index in [0.717, 1.165) is 28.8 Å². The van der Waals surface area contributed by atoms with Crippen LogP contribution in [-0.2, 0) is 0 Å². The third-order valence-corrected chi connectivity index (χ3v) is 4.61. The van der Waals surface area contributed by atoms with Crippen LogP contribution in [0.2, 0.25) is 0 Å².